The van der Waals surface area contributed by atoms with Crippen molar-refractivity contribution >= 4 is 17.5 Å². The van der Waals surface area contributed by atoms with E-state index in [0.29, 0.717) is 5.56 Å². The van der Waals surface area contributed by atoms with E-state index >= 15 is 0 Å². The van der Waals surface area contributed by atoms with Gasteiger partial charge in [-0.25, -0.2) is 0 Å². The Morgan fingerprint density at radius 3 is 2.38 bits per heavy atom. The molecule has 7 nitrogen and oxygen atoms in total. The van der Waals surface area contributed by atoms with Gasteiger partial charge >= 0.3 is 0 Å². The van der Waals surface area contributed by atoms with Gasteiger partial charge in [0.1, 0.15) is 11.6 Å². The van der Waals surface area contributed by atoms with E-state index in [4.69, 9.17) is 9.47 Å². The van der Waals surface area contributed by atoms with Gasteiger partial charge in [-0.2, -0.15) is 5.26 Å². The van der Waals surface area contributed by atoms with E-state index in [1.54, 1.807) is 18.2 Å². The molecule has 0 saturated heterocycles. The normalized spacial score (nSPS) is 10.8. The monoisotopic (exact) mass is 352 g/mol. The number of Topliss-reactive ketones (excluding diaryl/α,β-unsaturated/α-hetero) is 1. The van der Waals surface area contributed by atoms with Crippen molar-refractivity contribution in [3.63, 3.8) is 0 Å². The lowest BCUT2D eigenvalue weighted by atomic mass is 10.00. The quantitative estimate of drug-likeness (QED) is 0.258. The Morgan fingerprint density at radius 2 is 1.85 bits per heavy atom. The lowest BCUT2D eigenvalue weighted by molar-refractivity contribution is -0.385. The van der Waals surface area contributed by atoms with Gasteiger partial charge in [-0.1, -0.05) is 23.8 Å². The smallest absolute Gasteiger partial charge is 0.280 e. The molecule has 0 spiro atoms. The Bertz CT molecular complexity index is 941. The van der Waals surface area contributed by atoms with Gasteiger partial charge in [0.25, 0.3) is 5.69 Å². The highest BCUT2D eigenvalue weighted by molar-refractivity contribution is 6.14. The van der Waals surface area contributed by atoms with Crippen LogP contribution in [0.5, 0.6) is 11.5 Å². The second kappa shape index (κ2) is 7.94. The highest BCUT2D eigenvalue weighted by Crippen LogP contribution is 2.35. The highest BCUT2D eigenvalue weighted by Gasteiger charge is 2.20. The zero-order valence-electron chi connectivity index (χ0n) is 14.5. The fourth-order valence-electron chi connectivity index (χ4n) is 2.40. The number of rotatable bonds is 6. The number of methoxy groups -OCH3 is 2. The van der Waals surface area contributed by atoms with Crippen LogP contribution in [0.3, 0.4) is 0 Å². The van der Waals surface area contributed by atoms with Crippen LogP contribution in [0.2, 0.25) is 0 Å². The van der Waals surface area contributed by atoms with Gasteiger partial charge in [-0.05, 0) is 25.1 Å². The Balaban J connectivity index is 2.59. The number of allylic oxidation sites excluding steroid dienone is 1. The molecule has 0 aliphatic rings. The van der Waals surface area contributed by atoms with Crippen LogP contribution in [-0.2, 0) is 0 Å². The third-order valence-electron chi connectivity index (χ3n) is 3.67. The number of aryl methyl sites for hydroxylation is 1. The first-order valence-electron chi connectivity index (χ1n) is 7.54. The summed E-state index contributed by atoms with van der Waals surface area (Å²) in [6.45, 7) is 1.83. The summed E-state index contributed by atoms with van der Waals surface area (Å²) in [5.74, 6) is -0.0789. The molecule has 2 aromatic rings. The molecule has 0 atom stereocenters. The number of nitrogens with zero attached hydrogens (tertiary/aromatic N) is 2. The first-order chi connectivity index (χ1) is 12.4. The molecule has 7 heteroatoms. The van der Waals surface area contributed by atoms with E-state index in [0.717, 1.165) is 5.56 Å². The molecule has 0 radical (unpaired) electrons. The van der Waals surface area contributed by atoms with Crippen molar-refractivity contribution in [2.75, 3.05) is 14.2 Å². The van der Waals surface area contributed by atoms with Crippen LogP contribution in [-0.4, -0.2) is 24.9 Å². The molecule has 2 aromatic carbocycles. The van der Waals surface area contributed by atoms with Crippen molar-refractivity contribution in [2.24, 2.45) is 0 Å². The maximum Gasteiger partial charge on any atom is 0.280 e. The molecule has 2 rings (SSSR count). The Kier molecular flexibility index (Phi) is 5.71. The van der Waals surface area contributed by atoms with Crippen LogP contribution in [0.1, 0.15) is 21.5 Å². The van der Waals surface area contributed by atoms with E-state index in [2.05, 4.69) is 0 Å². The van der Waals surface area contributed by atoms with E-state index in [1.807, 2.05) is 19.1 Å². The number of nitro groups is 1. The molecule has 26 heavy (non-hydrogen) atoms. The molecule has 0 bridgehead atoms. The molecule has 0 N–H and O–H groups in total. The maximum absolute atomic E-state index is 12.6. The van der Waals surface area contributed by atoms with Crippen molar-refractivity contribution in [1.82, 2.24) is 0 Å². The SMILES string of the molecule is COc1cc(/C=C(\C#N)C(=O)c2cccc(C)c2)c([N+](=O)[O-])cc1OC. The number of hydrogen-bond donors (Lipinski definition) is 0. The van der Waals surface area contributed by atoms with E-state index in [-0.39, 0.29) is 28.3 Å². The standard InChI is InChI=1S/C19H16N2O5/c1-12-5-4-6-13(7-12)19(22)15(11-20)8-14-9-17(25-2)18(26-3)10-16(14)21(23)24/h4-10H,1-3H3/b15-8+. The van der Waals surface area contributed by atoms with Gasteiger partial charge in [0.15, 0.2) is 11.5 Å². The number of nitriles is 1. The van der Waals surface area contributed by atoms with Gasteiger partial charge in [-0.15, -0.1) is 0 Å². The summed E-state index contributed by atoms with van der Waals surface area (Å²) < 4.78 is 10.2. The first kappa shape index (κ1) is 18.7. The van der Waals surface area contributed by atoms with Crippen LogP contribution in [0.25, 0.3) is 6.08 Å². The van der Waals surface area contributed by atoms with Crippen molar-refractivity contribution in [3.8, 4) is 17.6 Å². The minimum Gasteiger partial charge on any atom is -0.493 e. The minimum atomic E-state index is -0.611. The van der Waals surface area contributed by atoms with Crippen LogP contribution in [0.4, 0.5) is 5.69 Å². The lowest BCUT2D eigenvalue weighted by Crippen LogP contribution is -2.03. The molecule has 0 unspecified atom stereocenters. The zero-order valence-corrected chi connectivity index (χ0v) is 14.5. The number of ketones is 1. The minimum absolute atomic E-state index is 0.0743. The van der Waals surface area contributed by atoms with Gasteiger partial charge < -0.3 is 9.47 Å². The maximum atomic E-state index is 12.6. The lowest BCUT2D eigenvalue weighted by Gasteiger charge is -2.09. The van der Waals surface area contributed by atoms with Crippen LogP contribution in [0.15, 0.2) is 42.0 Å². The largest absolute Gasteiger partial charge is 0.493 e. The summed E-state index contributed by atoms with van der Waals surface area (Å²) in [4.78, 5) is 23.3. The van der Waals surface area contributed by atoms with Crippen LogP contribution >= 0.6 is 0 Å². The molecule has 132 valence electrons. The molecule has 0 aliphatic carbocycles. The molecule has 0 fully saturated rings. The Hall–Kier alpha value is -3.66. The molecule has 0 amide bonds. The van der Waals surface area contributed by atoms with Crippen LogP contribution < -0.4 is 9.47 Å². The van der Waals surface area contributed by atoms with E-state index < -0.39 is 10.7 Å². The second-order valence-electron chi connectivity index (χ2n) is 5.39. The number of carbonyl (C=O) groups excluding carboxylic acids is 1. The van der Waals surface area contributed by atoms with Gasteiger partial charge in [0, 0.05) is 5.56 Å². The second-order valence-corrected chi connectivity index (χ2v) is 5.39. The Labute approximate surface area is 150 Å². The number of ether oxygens (including phenoxy) is 2. The third kappa shape index (κ3) is 3.87. The zero-order chi connectivity index (χ0) is 19.3. The van der Waals surface area contributed by atoms with Gasteiger partial charge in [-0.3, -0.25) is 14.9 Å². The fraction of sp³-hybridized carbons (Fsp3) is 0.158. The van der Waals surface area contributed by atoms with Gasteiger partial charge in [0.2, 0.25) is 5.78 Å². The average molecular weight is 352 g/mol. The molecular weight excluding hydrogens is 336 g/mol. The van der Waals surface area contributed by atoms with Crippen molar-refractivity contribution in [1.29, 1.82) is 5.26 Å². The molecular formula is C19H16N2O5. The first-order valence-corrected chi connectivity index (χ1v) is 7.54. The molecule has 0 heterocycles. The fourth-order valence-corrected chi connectivity index (χ4v) is 2.40. The number of benzene rings is 2. The summed E-state index contributed by atoms with van der Waals surface area (Å²) in [6, 6.07) is 11.1. The summed E-state index contributed by atoms with van der Waals surface area (Å²) in [6.07, 6.45) is 1.19. The van der Waals surface area contributed by atoms with Gasteiger partial charge in [0.05, 0.1) is 30.8 Å². The predicted octanol–water partition coefficient (Wildman–Crippen LogP) is 3.71. The van der Waals surface area contributed by atoms with Crippen molar-refractivity contribution in [3.05, 3.63) is 68.8 Å². The summed E-state index contributed by atoms with van der Waals surface area (Å²) in [7, 11) is 2.75. The highest BCUT2D eigenvalue weighted by atomic mass is 16.6. The number of nitro benzene ring substituents is 1. The molecule has 0 aliphatic heterocycles. The molecule has 0 aromatic heterocycles. The third-order valence-corrected chi connectivity index (χ3v) is 3.67. The summed E-state index contributed by atoms with van der Waals surface area (Å²) in [5.41, 5.74) is 0.759. The molecule has 0 saturated carbocycles. The van der Waals surface area contributed by atoms with Crippen molar-refractivity contribution < 1.29 is 19.2 Å². The Morgan fingerprint density at radius 1 is 1.19 bits per heavy atom. The van der Waals surface area contributed by atoms with Crippen LogP contribution in [0, 0.1) is 28.4 Å². The number of hydrogen-bond acceptors (Lipinski definition) is 6. The van der Waals surface area contributed by atoms with E-state index in [1.165, 1.54) is 32.4 Å². The number of carbonyl (C=O) groups is 1. The predicted molar refractivity (Wildman–Crippen MR) is 95.3 cm³/mol. The summed E-state index contributed by atoms with van der Waals surface area (Å²) >= 11 is 0. The topological polar surface area (TPSA) is 102 Å². The van der Waals surface area contributed by atoms with Crippen molar-refractivity contribution in [2.45, 2.75) is 6.92 Å². The average Bonchev–Trinajstić information content (AvgIpc) is 2.64. The summed E-state index contributed by atoms with van der Waals surface area (Å²) in [5, 5.41) is 20.7. The van der Waals surface area contributed by atoms with E-state index in [9.17, 15) is 20.2 Å².